The van der Waals surface area contributed by atoms with E-state index in [1.165, 1.54) is 16.7 Å². The highest BCUT2D eigenvalue weighted by molar-refractivity contribution is 5.79. The van der Waals surface area contributed by atoms with E-state index in [9.17, 15) is 9.59 Å². The first-order chi connectivity index (χ1) is 14.9. The van der Waals surface area contributed by atoms with Gasteiger partial charge in [-0.3, -0.25) is 14.4 Å². The van der Waals surface area contributed by atoms with Gasteiger partial charge >= 0.3 is 0 Å². The summed E-state index contributed by atoms with van der Waals surface area (Å²) in [6.45, 7) is 5.95. The number of benzene rings is 2. The zero-order chi connectivity index (χ0) is 21.8. The number of hydroxylamine groups is 2. The molecule has 2 amide bonds. The molecular weight excluding hydrogens is 388 g/mol. The van der Waals surface area contributed by atoms with E-state index in [0.717, 1.165) is 31.2 Å². The standard InChI is InChI=1S/C26H32N2O3/c1-20-16-21(2)18-23(17-20)8-9-24(29)27-14-12-26(13-15-27)11-10-25(30)28(26)31-19-22-6-4-3-5-7-22/h3-7,16-18H,8-15,19H2,1-2H3. The van der Waals surface area contributed by atoms with Crippen molar-refractivity contribution in [2.75, 3.05) is 13.1 Å². The van der Waals surface area contributed by atoms with Crippen molar-refractivity contribution in [2.24, 2.45) is 0 Å². The predicted octanol–water partition coefficient (Wildman–Crippen LogP) is 4.35. The van der Waals surface area contributed by atoms with Gasteiger partial charge in [0.2, 0.25) is 11.8 Å². The molecule has 2 fully saturated rings. The van der Waals surface area contributed by atoms with Gasteiger partial charge in [-0.15, -0.1) is 0 Å². The van der Waals surface area contributed by atoms with Gasteiger partial charge in [0.15, 0.2) is 0 Å². The fourth-order valence-electron chi connectivity index (χ4n) is 4.98. The van der Waals surface area contributed by atoms with Gasteiger partial charge in [-0.25, -0.2) is 5.06 Å². The summed E-state index contributed by atoms with van der Waals surface area (Å²) in [5.74, 6) is 0.264. The van der Waals surface area contributed by atoms with Gasteiger partial charge in [-0.1, -0.05) is 59.7 Å². The minimum absolute atomic E-state index is 0.0607. The molecule has 2 aromatic carbocycles. The number of carbonyl (C=O) groups is 2. The minimum Gasteiger partial charge on any atom is -0.343 e. The maximum atomic E-state index is 12.8. The van der Waals surface area contributed by atoms with Gasteiger partial charge in [0.25, 0.3) is 0 Å². The van der Waals surface area contributed by atoms with E-state index in [2.05, 4.69) is 32.0 Å². The number of piperidine rings is 1. The smallest absolute Gasteiger partial charge is 0.246 e. The average molecular weight is 421 g/mol. The Morgan fingerprint density at radius 1 is 0.968 bits per heavy atom. The summed E-state index contributed by atoms with van der Waals surface area (Å²) in [6, 6.07) is 16.4. The Kier molecular flexibility index (Phi) is 6.42. The van der Waals surface area contributed by atoms with Crippen molar-refractivity contribution in [3.05, 3.63) is 70.8 Å². The molecule has 0 aliphatic carbocycles. The summed E-state index contributed by atoms with van der Waals surface area (Å²) in [7, 11) is 0. The number of rotatable bonds is 6. The summed E-state index contributed by atoms with van der Waals surface area (Å²) in [5.41, 5.74) is 4.49. The third-order valence-electron chi connectivity index (χ3n) is 6.62. The van der Waals surface area contributed by atoms with Gasteiger partial charge in [-0.05, 0) is 50.7 Å². The monoisotopic (exact) mass is 420 g/mol. The highest BCUT2D eigenvalue weighted by atomic mass is 16.7. The van der Waals surface area contributed by atoms with Crippen LogP contribution >= 0.6 is 0 Å². The van der Waals surface area contributed by atoms with Crippen LogP contribution in [-0.4, -0.2) is 40.4 Å². The van der Waals surface area contributed by atoms with Gasteiger partial charge in [0, 0.05) is 25.9 Å². The Bertz CT molecular complexity index is 913. The Morgan fingerprint density at radius 3 is 2.32 bits per heavy atom. The zero-order valence-corrected chi connectivity index (χ0v) is 18.6. The summed E-state index contributed by atoms with van der Waals surface area (Å²) in [4.78, 5) is 33.3. The van der Waals surface area contributed by atoms with Crippen molar-refractivity contribution in [2.45, 2.75) is 64.5 Å². The van der Waals surface area contributed by atoms with Crippen LogP contribution in [0.2, 0.25) is 0 Å². The van der Waals surface area contributed by atoms with Crippen LogP contribution in [0.1, 0.15) is 54.4 Å². The lowest BCUT2D eigenvalue weighted by atomic mass is 9.86. The van der Waals surface area contributed by atoms with E-state index < -0.39 is 0 Å². The molecule has 0 atom stereocenters. The first-order valence-corrected chi connectivity index (χ1v) is 11.3. The number of aryl methyl sites for hydroxylation is 3. The van der Waals surface area contributed by atoms with Crippen molar-refractivity contribution in [1.29, 1.82) is 0 Å². The van der Waals surface area contributed by atoms with Crippen LogP contribution in [-0.2, 0) is 27.5 Å². The average Bonchev–Trinajstić information content (AvgIpc) is 3.06. The summed E-state index contributed by atoms with van der Waals surface area (Å²) < 4.78 is 0. The van der Waals surface area contributed by atoms with E-state index >= 15 is 0 Å². The molecule has 0 radical (unpaired) electrons. The Balaban J connectivity index is 1.32. The van der Waals surface area contributed by atoms with Crippen LogP contribution in [0.15, 0.2) is 48.5 Å². The normalized spacial score (nSPS) is 18.1. The second-order valence-electron chi connectivity index (χ2n) is 9.05. The quantitative estimate of drug-likeness (QED) is 0.698. The highest BCUT2D eigenvalue weighted by Gasteiger charge is 2.48. The largest absolute Gasteiger partial charge is 0.343 e. The van der Waals surface area contributed by atoms with Crippen LogP contribution < -0.4 is 0 Å². The maximum absolute atomic E-state index is 12.8. The molecule has 2 aromatic rings. The number of carbonyl (C=O) groups excluding carboxylic acids is 2. The Hall–Kier alpha value is -2.66. The second kappa shape index (κ2) is 9.23. The van der Waals surface area contributed by atoms with E-state index in [1.807, 2.05) is 35.2 Å². The highest BCUT2D eigenvalue weighted by Crippen LogP contribution is 2.39. The number of amides is 2. The van der Waals surface area contributed by atoms with Gasteiger partial charge in [0.1, 0.15) is 6.61 Å². The van der Waals surface area contributed by atoms with Crippen molar-refractivity contribution in [3.8, 4) is 0 Å². The Labute approximate surface area is 184 Å². The van der Waals surface area contributed by atoms with Gasteiger partial charge < -0.3 is 4.90 Å². The molecule has 164 valence electrons. The minimum atomic E-state index is -0.268. The molecule has 0 aromatic heterocycles. The fraction of sp³-hybridized carbons (Fsp3) is 0.462. The lowest BCUT2D eigenvalue weighted by Gasteiger charge is -2.43. The molecule has 0 bridgehead atoms. The number of hydrogen-bond donors (Lipinski definition) is 0. The fourth-order valence-corrected chi connectivity index (χ4v) is 4.98. The second-order valence-corrected chi connectivity index (χ2v) is 9.05. The summed E-state index contributed by atoms with van der Waals surface area (Å²) in [5, 5.41) is 1.64. The van der Waals surface area contributed by atoms with Crippen molar-refractivity contribution in [3.63, 3.8) is 0 Å². The third-order valence-corrected chi connectivity index (χ3v) is 6.62. The number of likely N-dealkylation sites (tertiary alicyclic amines) is 1. The number of hydrogen-bond acceptors (Lipinski definition) is 3. The molecule has 2 heterocycles. The summed E-state index contributed by atoms with van der Waals surface area (Å²) >= 11 is 0. The topological polar surface area (TPSA) is 49.9 Å². The van der Waals surface area contributed by atoms with E-state index in [4.69, 9.17) is 4.84 Å². The molecule has 0 unspecified atom stereocenters. The molecule has 31 heavy (non-hydrogen) atoms. The molecular formula is C26H32N2O3. The van der Waals surface area contributed by atoms with E-state index in [1.54, 1.807) is 5.06 Å². The lowest BCUT2D eigenvalue weighted by Crippen LogP contribution is -2.54. The van der Waals surface area contributed by atoms with Crippen LogP contribution in [0.4, 0.5) is 0 Å². The van der Waals surface area contributed by atoms with E-state index in [-0.39, 0.29) is 17.4 Å². The lowest BCUT2D eigenvalue weighted by molar-refractivity contribution is -0.222. The molecule has 2 aliphatic rings. The van der Waals surface area contributed by atoms with Crippen molar-refractivity contribution >= 4 is 11.8 Å². The molecule has 4 rings (SSSR count). The summed E-state index contributed by atoms with van der Waals surface area (Å²) in [6.07, 6.45) is 4.20. The molecule has 0 N–H and O–H groups in total. The van der Waals surface area contributed by atoms with Crippen LogP contribution in [0.5, 0.6) is 0 Å². The molecule has 1 spiro atoms. The Morgan fingerprint density at radius 2 is 1.65 bits per heavy atom. The van der Waals surface area contributed by atoms with Crippen LogP contribution in [0.25, 0.3) is 0 Å². The molecule has 2 aliphatic heterocycles. The van der Waals surface area contributed by atoms with Crippen molar-refractivity contribution in [1.82, 2.24) is 9.96 Å². The first-order valence-electron chi connectivity index (χ1n) is 11.3. The van der Waals surface area contributed by atoms with Crippen molar-refractivity contribution < 1.29 is 14.4 Å². The van der Waals surface area contributed by atoms with E-state index in [0.29, 0.717) is 32.5 Å². The SMILES string of the molecule is Cc1cc(C)cc(CCC(=O)N2CCC3(CCC(=O)N3OCc3ccccc3)CC2)c1. The van der Waals surface area contributed by atoms with Gasteiger partial charge in [0.05, 0.1) is 5.54 Å². The van der Waals surface area contributed by atoms with Crippen LogP contribution in [0.3, 0.4) is 0 Å². The first kappa shape index (κ1) is 21.6. The molecule has 5 nitrogen and oxygen atoms in total. The van der Waals surface area contributed by atoms with Crippen LogP contribution in [0, 0.1) is 13.8 Å². The predicted molar refractivity (Wildman–Crippen MR) is 120 cm³/mol. The zero-order valence-electron chi connectivity index (χ0n) is 18.6. The maximum Gasteiger partial charge on any atom is 0.246 e. The molecule has 2 saturated heterocycles. The third kappa shape index (κ3) is 4.99. The molecule has 5 heteroatoms. The van der Waals surface area contributed by atoms with Gasteiger partial charge in [-0.2, -0.15) is 0 Å². The molecule has 0 saturated carbocycles. The number of nitrogens with zero attached hydrogens (tertiary/aromatic N) is 2.